The van der Waals surface area contributed by atoms with Gasteiger partial charge >= 0.3 is 0 Å². The van der Waals surface area contributed by atoms with Gasteiger partial charge in [0.2, 0.25) is 0 Å². The number of aliphatic hydroxyl groups is 1. The normalized spacial score (nSPS) is 11.8. The maximum atomic E-state index is 12.3. The summed E-state index contributed by atoms with van der Waals surface area (Å²) >= 11 is 7.42. The van der Waals surface area contributed by atoms with Crippen LogP contribution in [0, 0.1) is 6.92 Å². The van der Waals surface area contributed by atoms with Crippen molar-refractivity contribution in [3.05, 3.63) is 70.2 Å². The summed E-state index contributed by atoms with van der Waals surface area (Å²) in [6.07, 6.45) is 0.694. The molecular formula is C20H19ClN2O3S. The number of ether oxygens (including phenoxy) is 1. The number of nitrogens with zero attached hydrogens (tertiary/aromatic N) is 1. The first-order valence-corrected chi connectivity index (χ1v) is 9.59. The Morgan fingerprint density at radius 3 is 2.89 bits per heavy atom. The molecule has 1 amide bonds. The number of aliphatic hydroxyl groups excluding tert-OH is 1. The van der Waals surface area contributed by atoms with Crippen LogP contribution in [0.15, 0.2) is 54.7 Å². The summed E-state index contributed by atoms with van der Waals surface area (Å²) in [5, 5.41) is 14.0. The van der Waals surface area contributed by atoms with Crippen molar-refractivity contribution in [2.45, 2.75) is 13.0 Å². The van der Waals surface area contributed by atoms with Crippen LogP contribution in [-0.4, -0.2) is 35.3 Å². The standard InChI is InChI=1S/C20H19ClN2O3S/c1-13-5-4-6-15(9-13)26-12-14(24)10-22-19(25)18-11-23-20(27-18)16-7-2-3-8-17(16)21/h2-9,11,14,24H,10,12H2,1H3,(H,22,25). The van der Waals surface area contributed by atoms with Crippen LogP contribution in [0.25, 0.3) is 10.6 Å². The van der Waals surface area contributed by atoms with Gasteiger partial charge in [0.1, 0.15) is 28.3 Å². The number of hydrogen-bond donors (Lipinski definition) is 2. The predicted molar refractivity (Wildman–Crippen MR) is 108 cm³/mol. The van der Waals surface area contributed by atoms with E-state index < -0.39 is 6.10 Å². The zero-order valence-electron chi connectivity index (χ0n) is 14.7. The molecule has 0 aliphatic carbocycles. The maximum absolute atomic E-state index is 12.3. The number of aromatic nitrogens is 1. The van der Waals surface area contributed by atoms with Crippen LogP contribution in [0.2, 0.25) is 5.02 Å². The van der Waals surface area contributed by atoms with Gasteiger partial charge in [-0.05, 0) is 30.7 Å². The van der Waals surface area contributed by atoms with Gasteiger partial charge < -0.3 is 15.2 Å². The highest BCUT2D eigenvalue weighted by molar-refractivity contribution is 7.17. The van der Waals surface area contributed by atoms with Crippen molar-refractivity contribution < 1.29 is 14.6 Å². The molecule has 1 unspecified atom stereocenters. The molecule has 5 nitrogen and oxygen atoms in total. The molecule has 2 aromatic carbocycles. The number of thiazole rings is 1. The summed E-state index contributed by atoms with van der Waals surface area (Å²) in [5.41, 5.74) is 1.87. The Morgan fingerprint density at radius 1 is 1.30 bits per heavy atom. The molecule has 0 saturated carbocycles. The molecular weight excluding hydrogens is 384 g/mol. The molecule has 1 atom stereocenters. The van der Waals surface area contributed by atoms with E-state index >= 15 is 0 Å². The lowest BCUT2D eigenvalue weighted by atomic mass is 10.2. The highest BCUT2D eigenvalue weighted by Gasteiger charge is 2.15. The molecule has 0 aliphatic heterocycles. The fraction of sp³-hybridized carbons (Fsp3) is 0.200. The average molecular weight is 403 g/mol. The smallest absolute Gasteiger partial charge is 0.263 e. The highest BCUT2D eigenvalue weighted by Crippen LogP contribution is 2.30. The van der Waals surface area contributed by atoms with Gasteiger partial charge in [0.05, 0.1) is 11.2 Å². The van der Waals surface area contributed by atoms with Crippen LogP contribution in [0.1, 0.15) is 15.2 Å². The first kappa shape index (κ1) is 19.4. The zero-order chi connectivity index (χ0) is 19.2. The summed E-state index contributed by atoms with van der Waals surface area (Å²) in [7, 11) is 0. The molecule has 1 aromatic heterocycles. The number of benzene rings is 2. The number of aryl methyl sites for hydroxylation is 1. The fourth-order valence-electron chi connectivity index (χ4n) is 2.39. The molecule has 3 rings (SSSR count). The molecule has 7 heteroatoms. The molecule has 1 heterocycles. The van der Waals surface area contributed by atoms with Crippen LogP contribution in [-0.2, 0) is 0 Å². The van der Waals surface area contributed by atoms with Crippen molar-refractivity contribution in [1.82, 2.24) is 10.3 Å². The van der Waals surface area contributed by atoms with Crippen molar-refractivity contribution in [1.29, 1.82) is 0 Å². The molecule has 0 saturated heterocycles. The summed E-state index contributed by atoms with van der Waals surface area (Å²) in [5.74, 6) is 0.396. The third kappa shape index (κ3) is 5.29. The van der Waals surface area contributed by atoms with Crippen LogP contribution in [0.4, 0.5) is 0 Å². The zero-order valence-corrected chi connectivity index (χ0v) is 16.3. The number of rotatable bonds is 7. The molecule has 0 radical (unpaired) electrons. The van der Waals surface area contributed by atoms with E-state index in [0.717, 1.165) is 11.1 Å². The minimum atomic E-state index is -0.814. The minimum Gasteiger partial charge on any atom is -0.491 e. The van der Waals surface area contributed by atoms with Gasteiger partial charge in [0.15, 0.2) is 0 Å². The summed E-state index contributed by atoms with van der Waals surface area (Å²) in [6.45, 7) is 2.15. The molecule has 3 aromatic rings. The van der Waals surface area contributed by atoms with Gasteiger partial charge in [-0.2, -0.15) is 0 Å². The molecule has 27 heavy (non-hydrogen) atoms. The molecule has 0 bridgehead atoms. The third-order valence-corrected chi connectivity index (χ3v) is 5.12. The lowest BCUT2D eigenvalue weighted by Gasteiger charge is -2.13. The first-order valence-electron chi connectivity index (χ1n) is 8.39. The van der Waals surface area contributed by atoms with Gasteiger partial charge in [-0.1, -0.05) is 41.9 Å². The monoisotopic (exact) mass is 402 g/mol. The van der Waals surface area contributed by atoms with Crippen molar-refractivity contribution in [2.75, 3.05) is 13.2 Å². The molecule has 2 N–H and O–H groups in total. The maximum Gasteiger partial charge on any atom is 0.263 e. The number of amides is 1. The highest BCUT2D eigenvalue weighted by atomic mass is 35.5. The van der Waals surface area contributed by atoms with Crippen LogP contribution in [0.3, 0.4) is 0 Å². The van der Waals surface area contributed by atoms with E-state index in [1.807, 2.05) is 49.4 Å². The molecule has 0 aliphatic rings. The van der Waals surface area contributed by atoms with Crippen LogP contribution < -0.4 is 10.1 Å². The second-order valence-electron chi connectivity index (χ2n) is 6.00. The first-order chi connectivity index (χ1) is 13.0. The van der Waals surface area contributed by atoms with E-state index in [1.54, 1.807) is 6.07 Å². The summed E-state index contributed by atoms with van der Waals surface area (Å²) < 4.78 is 5.54. The lowest BCUT2D eigenvalue weighted by molar-refractivity contribution is 0.0846. The van der Waals surface area contributed by atoms with E-state index in [-0.39, 0.29) is 19.1 Å². The lowest BCUT2D eigenvalue weighted by Crippen LogP contribution is -2.35. The quantitative estimate of drug-likeness (QED) is 0.627. The van der Waals surface area contributed by atoms with Gasteiger partial charge in [-0.15, -0.1) is 11.3 Å². The van der Waals surface area contributed by atoms with Gasteiger partial charge in [0.25, 0.3) is 5.91 Å². The number of halogens is 1. The van der Waals surface area contributed by atoms with E-state index in [2.05, 4.69) is 10.3 Å². The van der Waals surface area contributed by atoms with Crippen molar-refractivity contribution in [3.63, 3.8) is 0 Å². The Balaban J connectivity index is 1.51. The second-order valence-corrected chi connectivity index (χ2v) is 7.44. The number of carbonyl (C=O) groups excluding carboxylic acids is 1. The van der Waals surface area contributed by atoms with E-state index in [0.29, 0.717) is 20.7 Å². The predicted octanol–water partition coefficient (Wildman–Crippen LogP) is 3.94. The molecule has 0 spiro atoms. The Hall–Kier alpha value is -2.41. The van der Waals surface area contributed by atoms with Crippen molar-refractivity contribution in [2.24, 2.45) is 0 Å². The Labute approximate surface area is 166 Å². The number of carbonyl (C=O) groups is 1. The van der Waals surface area contributed by atoms with Gasteiger partial charge in [0, 0.05) is 12.1 Å². The van der Waals surface area contributed by atoms with Gasteiger partial charge in [-0.25, -0.2) is 4.98 Å². The van der Waals surface area contributed by atoms with Crippen molar-refractivity contribution in [3.8, 4) is 16.3 Å². The SMILES string of the molecule is Cc1cccc(OCC(O)CNC(=O)c2cnc(-c3ccccc3Cl)s2)c1. The average Bonchev–Trinajstić information content (AvgIpc) is 3.15. The Morgan fingerprint density at radius 2 is 2.11 bits per heavy atom. The molecule has 0 fully saturated rings. The fourth-order valence-corrected chi connectivity index (χ4v) is 3.55. The number of nitrogens with one attached hydrogen (secondary N) is 1. The van der Waals surface area contributed by atoms with Crippen LogP contribution in [0.5, 0.6) is 5.75 Å². The van der Waals surface area contributed by atoms with Gasteiger partial charge in [-0.3, -0.25) is 4.79 Å². The van der Waals surface area contributed by atoms with E-state index in [4.69, 9.17) is 16.3 Å². The van der Waals surface area contributed by atoms with Crippen molar-refractivity contribution >= 4 is 28.8 Å². The summed E-state index contributed by atoms with van der Waals surface area (Å²) in [4.78, 5) is 17.0. The Bertz CT molecular complexity index is 929. The van der Waals surface area contributed by atoms with Crippen LogP contribution >= 0.6 is 22.9 Å². The summed E-state index contributed by atoms with van der Waals surface area (Å²) in [6, 6.07) is 14.9. The third-order valence-electron chi connectivity index (χ3n) is 3.76. The van der Waals surface area contributed by atoms with E-state index in [9.17, 15) is 9.90 Å². The topological polar surface area (TPSA) is 71.5 Å². The number of hydrogen-bond acceptors (Lipinski definition) is 5. The minimum absolute atomic E-state index is 0.0873. The Kier molecular flexibility index (Phi) is 6.45. The largest absolute Gasteiger partial charge is 0.491 e. The van der Waals surface area contributed by atoms with E-state index in [1.165, 1.54) is 17.5 Å². The second kappa shape index (κ2) is 8.99. The molecule has 140 valence electrons.